The van der Waals surface area contributed by atoms with Crippen LogP contribution < -0.4 is 0 Å². The largest absolute Gasteiger partial charge is 0.478 e. The summed E-state index contributed by atoms with van der Waals surface area (Å²) in [5.74, 6) is -1.09. The summed E-state index contributed by atoms with van der Waals surface area (Å²) in [6.45, 7) is 0. The lowest BCUT2D eigenvalue weighted by Gasteiger charge is -2.04. The Balaban J connectivity index is 2.07. The number of non-ortho nitro benzene ring substituents is 1. The first-order valence-corrected chi connectivity index (χ1v) is 7.05. The van der Waals surface area contributed by atoms with Gasteiger partial charge >= 0.3 is 5.97 Å². The second kappa shape index (κ2) is 6.86. The zero-order chi connectivity index (χ0) is 16.1. The minimum absolute atomic E-state index is 0.0416. The first kappa shape index (κ1) is 15.7. The third-order valence-corrected chi connectivity index (χ3v) is 3.78. The van der Waals surface area contributed by atoms with E-state index in [0.29, 0.717) is 10.5 Å². The fraction of sp³-hybridized carbons (Fsp3) is 0.0667. The number of nitro groups is 1. The minimum atomic E-state index is -1.09. The number of carboxylic acid groups (broad SMARTS) is 1. The van der Waals surface area contributed by atoms with Crippen LogP contribution in [0.3, 0.4) is 0 Å². The molecular formula is C15H11NO5S. The van der Waals surface area contributed by atoms with Crippen molar-refractivity contribution in [3.8, 4) is 0 Å². The number of carbonyl (C=O) groups excluding carboxylic acids is 1. The van der Waals surface area contributed by atoms with Gasteiger partial charge in [0.15, 0.2) is 5.12 Å². The summed E-state index contributed by atoms with van der Waals surface area (Å²) in [7, 11) is 0. The average Bonchev–Trinajstić information content (AvgIpc) is 2.48. The van der Waals surface area contributed by atoms with Crippen LogP contribution in [0.15, 0.2) is 53.4 Å². The van der Waals surface area contributed by atoms with Gasteiger partial charge in [0.25, 0.3) is 5.69 Å². The quantitative estimate of drug-likeness (QED) is 0.517. The number of carboxylic acids is 1. The molecule has 112 valence electrons. The Bertz CT molecular complexity index is 727. The van der Waals surface area contributed by atoms with Crippen LogP contribution in [0.25, 0.3) is 0 Å². The summed E-state index contributed by atoms with van der Waals surface area (Å²) in [5, 5.41) is 19.4. The number of nitrogens with zero attached hydrogens (tertiary/aromatic N) is 1. The molecule has 0 aromatic heterocycles. The van der Waals surface area contributed by atoms with Crippen molar-refractivity contribution in [3.63, 3.8) is 0 Å². The van der Waals surface area contributed by atoms with Gasteiger partial charge in [-0.2, -0.15) is 0 Å². The summed E-state index contributed by atoms with van der Waals surface area (Å²) in [4.78, 5) is 33.5. The average molecular weight is 317 g/mol. The van der Waals surface area contributed by atoms with Crippen molar-refractivity contribution >= 4 is 28.5 Å². The van der Waals surface area contributed by atoms with E-state index in [0.717, 1.165) is 11.8 Å². The van der Waals surface area contributed by atoms with E-state index in [1.54, 1.807) is 18.2 Å². The van der Waals surface area contributed by atoms with Gasteiger partial charge < -0.3 is 5.11 Å². The smallest absolute Gasteiger partial charge is 0.336 e. The van der Waals surface area contributed by atoms with Gasteiger partial charge in [-0.1, -0.05) is 36.0 Å². The molecule has 0 aliphatic carbocycles. The third-order valence-electron chi connectivity index (χ3n) is 2.84. The molecular weight excluding hydrogens is 306 g/mol. The Morgan fingerprint density at radius 2 is 1.73 bits per heavy atom. The Morgan fingerprint density at radius 3 is 2.32 bits per heavy atom. The maximum absolute atomic E-state index is 12.0. The van der Waals surface area contributed by atoms with E-state index < -0.39 is 10.9 Å². The first-order chi connectivity index (χ1) is 10.5. The highest BCUT2D eigenvalue weighted by Gasteiger charge is 2.14. The van der Waals surface area contributed by atoms with Gasteiger partial charge in [-0.15, -0.1) is 0 Å². The molecule has 2 aromatic rings. The van der Waals surface area contributed by atoms with E-state index >= 15 is 0 Å². The van der Waals surface area contributed by atoms with Crippen LogP contribution in [0.4, 0.5) is 5.69 Å². The van der Waals surface area contributed by atoms with E-state index in [2.05, 4.69) is 0 Å². The molecule has 0 fully saturated rings. The molecule has 0 radical (unpaired) electrons. The monoisotopic (exact) mass is 317 g/mol. The van der Waals surface area contributed by atoms with Crippen LogP contribution in [0, 0.1) is 10.1 Å². The van der Waals surface area contributed by atoms with Crippen LogP contribution in [-0.4, -0.2) is 21.1 Å². The number of carbonyl (C=O) groups is 2. The van der Waals surface area contributed by atoms with Crippen molar-refractivity contribution in [2.24, 2.45) is 0 Å². The van der Waals surface area contributed by atoms with Gasteiger partial charge in [-0.05, 0) is 17.7 Å². The molecule has 0 aliphatic rings. The molecule has 0 unspecified atom stereocenters. The summed E-state index contributed by atoms with van der Waals surface area (Å²) in [6.07, 6.45) is 0.0661. The van der Waals surface area contributed by atoms with Crippen LogP contribution in [0.1, 0.15) is 15.9 Å². The molecule has 0 saturated heterocycles. The molecule has 0 heterocycles. The van der Waals surface area contributed by atoms with Gasteiger partial charge in [0.2, 0.25) is 0 Å². The number of hydrogen-bond acceptors (Lipinski definition) is 5. The highest BCUT2D eigenvalue weighted by molar-refractivity contribution is 8.13. The van der Waals surface area contributed by atoms with E-state index in [9.17, 15) is 19.7 Å². The summed E-state index contributed by atoms with van der Waals surface area (Å²) in [5.41, 5.74) is 0.667. The third kappa shape index (κ3) is 3.92. The van der Waals surface area contributed by atoms with Crippen molar-refractivity contribution in [1.82, 2.24) is 0 Å². The second-order valence-electron chi connectivity index (χ2n) is 4.38. The van der Waals surface area contributed by atoms with Gasteiger partial charge in [0, 0.05) is 23.4 Å². The van der Waals surface area contributed by atoms with E-state index in [4.69, 9.17) is 5.11 Å². The fourth-order valence-electron chi connectivity index (χ4n) is 1.79. The maximum Gasteiger partial charge on any atom is 0.336 e. The molecule has 0 bridgehead atoms. The summed E-state index contributed by atoms with van der Waals surface area (Å²) in [6, 6.07) is 11.9. The standard InChI is InChI=1S/C15H11NO5S/c17-14(9-10-5-7-11(8-6-10)16(20)21)22-13-4-2-1-3-12(13)15(18)19/h1-8H,9H2,(H,18,19). The molecule has 0 spiro atoms. The van der Waals surface area contributed by atoms with E-state index in [-0.39, 0.29) is 22.8 Å². The number of aromatic carboxylic acids is 1. The summed E-state index contributed by atoms with van der Waals surface area (Å²) < 4.78 is 0. The van der Waals surface area contributed by atoms with Crippen molar-refractivity contribution in [3.05, 3.63) is 69.8 Å². The van der Waals surface area contributed by atoms with Crippen molar-refractivity contribution in [2.45, 2.75) is 11.3 Å². The van der Waals surface area contributed by atoms with Crippen molar-refractivity contribution in [1.29, 1.82) is 0 Å². The van der Waals surface area contributed by atoms with Gasteiger partial charge in [0.1, 0.15) is 0 Å². The molecule has 2 rings (SSSR count). The lowest BCUT2D eigenvalue weighted by atomic mass is 10.1. The molecule has 0 atom stereocenters. The van der Waals surface area contributed by atoms with Gasteiger partial charge in [-0.3, -0.25) is 14.9 Å². The highest BCUT2D eigenvalue weighted by Crippen LogP contribution is 2.25. The zero-order valence-electron chi connectivity index (χ0n) is 11.3. The normalized spacial score (nSPS) is 10.2. The van der Waals surface area contributed by atoms with Crippen LogP contribution in [0.5, 0.6) is 0 Å². The maximum atomic E-state index is 12.0. The number of thioether (sulfide) groups is 1. The van der Waals surface area contributed by atoms with Gasteiger partial charge in [0.05, 0.1) is 10.5 Å². The molecule has 1 N–H and O–H groups in total. The molecule has 7 heteroatoms. The Hall–Kier alpha value is -2.67. The topological polar surface area (TPSA) is 97.5 Å². The predicted molar refractivity (Wildman–Crippen MR) is 81.1 cm³/mol. The molecule has 0 aliphatic heterocycles. The van der Waals surface area contributed by atoms with Crippen molar-refractivity contribution < 1.29 is 19.6 Å². The van der Waals surface area contributed by atoms with Gasteiger partial charge in [-0.25, -0.2) is 4.79 Å². The number of hydrogen-bond donors (Lipinski definition) is 1. The predicted octanol–water partition coefficient (Wildman–Crippen LogP) is 3.15. The SMILES string of the molecule is O=C(Cc1ccc([N+](=O)[O-])cc1)Sc1ccccc1C(=O)O. The zero-order valence-corrected chi connectivity index (χ0v) is 12.1. The second-order valence-corrected chi connectivity index (χ2v) is 5.48. The molecule has 22 heavy (non-hydrogen) atoms. The molecule has 0 saturated carbocycles. The number of nitro benzene ring substituents is 1. The lowest BCUT2D eigenvalue weighted by molar-refractivity contribution is -0.384. The molecule has 0 amide bonds. The highest BCUT2D eigenvalue weighted by atomic mass is 32.2. The van der Waals surface area contributed by atoms with E-state index in [1.165, 1.54) is 30.3 Å². The molecule has 6 nitrogen and oxygen atoms in total. The van der Waals surface area contributed by atoms with E-state index in [1.807, 2.05) is 0 Å². The molecule has 2 aromatic carbocycles. The van der Waals surface area contributed by atoms with Crippen LogP contribution in [0.2, 0.25) is 0 Å². The lowest BCUT2D eigenvalue weighted by Crippen LogP contribution is -2.02. The Morgan fingerprint density at radius 1 is 1.09 bits per heavy atom. The first-order valence-electron chi connectivity index (χ1n) is 6.23. The van der Waals surface area contributed by atoms with Crippen LogP contribution >= 0.6 is 11.8 Å². The summed E-state index contributed by atoms with van der Waals surface area (Å²) >= 11 is 0.850. The Labute approximate surface area is 129 Å². The minimum Gasteiger partial charge on any atom is -0.478 e. The van der Waals surface area contributed by atoms with Crippen LogP contribution in [-0.2, 0) is 11.2 Å². The number of benzene rings is 2. The number of rotatable bonds is 5. The fourth-order valence-corrected chi connectivity index (χ4v) is 2.69. The van der Waals surface area contributed by atoms with Crippen molar-refractivity contribution in [2.75, 3.05) is 0 Å². The Kier molecular flexibility index (Phi) is 4.90.